The van der Waals surface area contributed by atoms with Gasteiger partial charge in [-0.05, 0) is 36.4 Å². The number of fused-ring (bicyclic) bond motifs is 3. The highest BCUT2D eigenvalue weighted by molar-refractivity contribution is 6.08. The molecular formula is C17H13F2NO. The van der Waals surface area contributed by atoms with E-state index in [9.17, 15) is 8.78 Å². The van der Waals surface area contributed by atoms with Crippen LogP contribution < -0.4 is 0 Å². The molecule has 2 heterocycles. The SMILES string of the molecule is Fc1ccc2c(c1)c1cc(F)ccc1n2[C@@H]1C=CCOC1. The second kappa shape index (κ2) is 4.67. The zero-order valence-electron chi connectivity index (χ0n) is 11.2. The zero-order valence-corrected chi connectivity index (χ0v) is 11.2. The first kappa shape index (κ1) is 12.5. The van der Waals surface area contributed by atoms with E-state index in [0.717, 1.165) is 21.8 Å². The van der Waals surface area contributed by atoms with Gasteiger partial charge in [0, 0.05) is 21.8 Å². The van der Waals surface area contributed by atoms with E-state index >= 15 is 0 Å². The van der Waals surface area contributed by atoms with Gasteiger partial charge in [-0.3, -0.25) is 0 Å². The molecule has 1 aliphatic heterocycles. The molecule has 0 saturated heterocycles. The van der Waals surface area contributed by atoms with Gasteiger partial charge in [0.05, 0.1) is 19.3 Å². The number of aromatic nitrogens is 1. The van der Waals surface area contributed by atoms with Crippen LogP contribution >= 0.6 is 0 Å². The van der Waals surface area contributed by atoms with E-state index in [2.05, 4.69) is 10.6 Å². The summed E-state index contributed by atoms with van der Waals surface area (Å²) < 4.78 is 34.7. The number of hydrogen-bond acceptors (Lipinski definition) is 1. The van der Waals surface area contributed by atoms with Gasteiger partial charge in [0.1, 0.15) is 11.6 Å². The van der Waals surface area contributed by atoms with E-state index in [-0.39, 0.29) is 17.7 Å². The fourth-order valence-electron chi connectivity index (χ4n) is 3.04. The average Bonchev–Trinajstić information content (AvgIpc) is 2.81. The summed E-state index contributed by atoms with van der Waals surface area (Å²) in [4.78, 5) is 0. The van der Waals surface area contributed by atoms with E-state index in [0.29, 0.717) is 13.2 Å². The lowest BCUT2D eigenvalue weighted by Crippen LogP contribution is -2.16. The molecule has 0 radical (unpaired) electrons. The molecule has 0 N–H and O–H groups in total. The van der Waals surface area contributed by atoms with Crippen molar-refractivity contribution in [2.45, 2.75) is 6.04 Å². The van der Waals surface area contributed by atoms with Crippen LogP contribution in [-0.4, -0.2) is 17.8 Å². The maximum absolute atomic E-state index is 13.6. The highest BCUT2D eigenvalue weighted by atomic mass is 19.1. The smallest absolute Gasteiger partial charge is 0.123 e. The van der Waals surface area contributed by atoms with Gasteiger partial charge >= 0.3 is 0 Å². The van der Waals surface area contributed by atoms with Crippen LogP contribution in [0.1, 0.15) is 6.04 Å². The van der Waals surface area contributed by atoms with Crippen LogP contribution in [0.3, 0.4) is 0 Å². The number of halogens is 2. The summed E-state index contributed by atoms with van der Waals surface area (Å²) in [7, 11) is 0. The molecule has 0 spiro atoms. The maximum atomic E-state index is 13.6. The molecule has 0 saturated carbocycles. The lowest BCUT2D eigenvalue weighted by Gasteiger charge is -2.21. The van der Waals surface area contributed by atoms with Gasteiger partial charge in [-0.15, -0.1) is 0 Å². The highest BCUT2D eigenvalue weighted by Crippen LogP contribution is 2.33. The summed E-state index contributed by atoms with van der Waals surface area (Å²) in [6.45, 7) is 1.17. The molecule has 106 valence electrons. The van der Waals surface area contributed by atoms with E-state index in [4.69, 9.17) is 4.74 Å². The van der Waals surface area contributed by atoms with Crippen molar-refractivity contribution < 1.29 is 13.5 Å². The number of rotatable bonds is 1. The first-order valence-corrected chi connectivity index (χ1v) is 6.87. The molecule has 0 bridgehead atoms. The monoisotopic (exact) mass is 285 g/mol. The van der Waals surface area contributed by atoms with E-state index in [1.165, 1.54) is 24.3 Å². The number of nitrogens with zero attached hydrogens (tertiary/aromatic N) is 1. The summed E-state index contributed by atoms with van der Waals surface area (Å²) in [5.41, 5.74) is 1.77. The normalized spacial score (nSPS) is 18.7. The molecule has 0 aliphatic carbocycles. The third-order valence-electron chi connectivity index (χ3n) is 3.92. The third kappa shape index (κ3) is 1.94. The minimum atomic E-state index is -0.318. The summed E-state index contributed by atoms with van der Waals surface area (Å²) in [6, 6.07) is 9.30. The minimum Gasteiger partial charge on any atom is -0.375 e. The van der Waals surface area contributed by atoms with Gasteiger partial charge in [-0.1, -0.05) is 12.2 Å². The molecule has 0 unspecified atom stereocenters. The van der Waals surface area contributed by atoms with Crippen molar-refractivity contribution in [1.29, 1.82) is 0 Å². The number of hydrogen-bond donors (Lipinski definition) is 0. The average molecular weight is 285 g/mol. The fraction of sp³-hybridized carbons (Fsp3) is 0.176. The number of benzene rings is 2. The molecule has 21 heavy (non-hydrogen) atoms. The molecule has 1 aliphatic rings. The van der Waals surface area contributed by atoms with E-state index in [1.807, 2.05) is 6.08 Å². The van der Waals surface area contributed by atoms with Gasteiger partial charge in [-0.25, -0.2) is 8.78 Å². The van der Waals surface area contributed by atoms with Crippen LogP contribution in [-0.2, 0) is 4.74 Å². The first-order chi connectivity index (χ1) is 10.2. The van der Waals surface area contributed by atoms with E-state index in [1.54, 1.807) is 12.1 Å². The quantitative estimate of drug-likeness (QED) is 0.611. The summed E-state index contributed by atoms with van der Waals surface area (Å²) in [6.07, 6.45) is 4.05. The number of ether oxygens (including phenoxy) is 1. The fourth-order valence-corrected chi connectivity index (χ4v) is 3.04. The molecule has 1 atom stereocenters. The van der Waals surface area contributed by atoms with Crippen molar-refractivity contribution in [3.63, 3.8) is 0 Å². The minimum absolute atomic E-state index is 0.0367. The maximum Gasteiger partial charge on any atom is 0.123 e. The van der Waals surface area contributed by atoms with Gasteiger partial charge in [0.15, 0.2) is 0 Å². The molecule has 4 heteroatoms. The second-order valence-corrected chi connectivity index (χ2v) is 5.23. The van der Waals surface area contributed by atoms with Crippen LogP contribution in [0.25, 0.3) is 21.8 Å². The molecule has 2 aromatic carbocycles. The van der Waals surface area contributed by atoms with Crippen molar-refractivity contribution in [2.75, 3.05) is 13.2 Å². The van der Waals surface area contributed by atoms with Crippen LogP contribution in [0.2, 0.25) is 0 Å². The molecule has 0 amide bonds. The lowest BCUT2D eigenvalue weighted by atomic mass is 10.1. The predicted molar refractivity (Wildman–Crippen MR) is 78.4 cm³/mol. The molecule has 4 rings (SSSR count). The summed E-state index contributed by atoms with van der Waals surface area (Å²) in [5, 5.41) is 1.45. The molecule has 2 nitrogen and oxygen atoms in total. The van der Waals surface area contributed by atoms with Crippen LogP contribution in [0.4, 0.5) is 8.78 Å². The van der Waals surface area contributed by atoms with Gasteiger partial charge in [0.25, 0.3) is 0 Å². The Kier molecular flexibility index (Phi) is 2.79. The second-order valence-electron chi connectivity index (χ2n) is 5.23. The Bertz CT molecular complexity index is 807. The Labute approximate surface area is 120 Å². The van der Waals surface area contributed by atoms with Crippen LogP contribution in [0.15, 0.2) is 48.6 Å². The first-order valence-electron chi connectivity index (χ1n) is 6.87. The van der Waals surface area contributed by atoms with Crippen LogP contribution in [0.5, 0.6) is 0 Å². The van der Waals surface area contributed by atoms with Crippen LogP contribution in [0, 0.1) is 11.6 Å². The lowest BCUT2D eigenvalue weighted by molar-refractivity contribution is 0.131. The molecule has 0 fully saturated rings. The molecule has 3 aromatic rings. The highest BCUT2D eigenvalue weighted by Gasteiger charge is 2.19. The zero-order chi connectivity index (χ0) is 14.4. The Hall–Kier alpha value is -2.20. The summed E-state index contributed by atoms with van der Waals surface area (Å²) >= 11 is 0. The standard InChI is InChI=1S/C17H13F2NO/c18-11-3-5-16-14(8-11)15-9-12(19)4-6-17(15)20(16)13-2-1-7-21-10-13/h1-6,8-9,13H,7,10H2/t13-/m1/s1. The predicted octanol–water partition coefficient (Wildman–Crippen LogP) is 4.20. The van der Waals surface area contributed by atoms with E-state index < -0.39 is 0 Å². The molecule has 1 aromatic heterocycles. The Morgan fingerprint density at radius 1 is 0.952 bits per heavy atom. The summed E-state index contributed by atoms with van der Waals surface area (Å²) in [5.74, 6) is -0.637. The largest absolute Gasteiger partial charge is 0.375 e. The van der Waals surface area contributed by atoms with Crippen molar-refractivity contribution >= 4 is 21.8 Å². The van der Waals surface area contributed by atoms with Crippen molar-refractivity contribution in [1.82, 2.24) is 4.57 Å². The Balaban J connectivity index is 2.11. The van der Waals surface area contributed by atoms with Crippen molar-refractivity contribution in [3.8, 4) is 0 Å². The van der Waals surface area contributed by atoms with Gasteiger partial charge in [0.2, 0.25) is 0 Å². The Morgan fingerprint density at radius 2 is 1.57 bits per heavy atom. The van der Waals surface area contributed by atoms with Crippen molar-refractivity contribution in [2.24, 2.45) is 0 Å². The van der Waals surface area contributed by atoms with Gasteiger partial charge in [-0.2, -0.15) is 0 Å². The molecular weight excluding hydrogens is 272 g/mol. The topological polar surface area (TPSA) is 14.2 Å². The third-order valence-corrected chi connectivity index (χ3v) is 3.92. The Morgan fingerprint density at radius 3 is 2.10 bits per heavy atom. The van der Waals surface area contributed by atoms with Gasteiger partial charge < -0.3 is 9.30 Å². The van der Waals surface area contributed by atoms with Crippen molar-refractivity contribution in [3.05, 3.63) is 60.2 Å².